The van der Waals surface area contributed by atoms with Gasteiger partial charge in [0.2, 0.25) is 0 Å². The molecule has 0 heterocycles. The van der Waals surface area contributed by atoms with Crippen LogP contribution in [0.3, 0.4) is 0 Å². The number of methoxy groups -OCH3 is 1. The Balaban J connectivity index is 2.98. The summed E-state index contributed by atoms with van der Waals surface area (Å²) in [5.74, 6) is 1.28. The fraction of sp³-hybridized carbons (Fsp3) is 0.455. The van der Waals surface area contributed by atoms with Crippen LogP contribution in [0.15, 0.2) is 23.1 Å². The van der Waals surface area contributed by atoms with Crippen LogP contribution >= 0.6 is 11.8 Å². The summed E-state index contributed by atoms with van der Waals surface area (Å²) < 4.78 is 29.2. The van der Waals surface area contributed by atoms with Gasteiger partial charge in [0.15, 0.2) is 9.84 Å². The molecule has 0 amide bonds. The van der Waals surface area contributed by atoms with Gasteiger partial charge < -0.3 is 10.5 Å². The normalized spacial score (nSPS) is 11.4. The highest BCUT2D eigenvalue weighted by molar-refractivity contribution is 7.98. The average Bonchev–Trinajstić information content (AvgIpc) is 2.28. The van der Waals surface area contributed by atoms with E-state index in [0.29, 0.717) is 17.9 Å². The lowest BCUT2D eigenvalue weighted by Gasteiger charge is -2.09. The van der Waals surface area contributed by atoms with Crippen molar-refractivity contribution in [2.75, 3.05) is 30.6 Å². The molecule has 0 unspecified atom stereocenters. The van der Waals surface area contributed by atoms with Crippen LogP contribution < -0.4 is 10.5 Å². The van der Waals surface area contributed by atoms with Crippen molar-refractivity contribution in [3.05, 3.63) is 18.2 Å². The van der Waals surface area contributed by atoms with Gasteiger partial charge in [-0.15, -0.1) is 0 Å². The topological polar surface area (TPSA) is 69.4 Å². The molecule has 0 aliphatic carbocycles. The lowest BCUT2D eigenvalue weighted by atomic mass is 10.3. The first-order valence-electron chi connectivity index (χ1n) is 5.16. The molecule has 0 aliphatic heterocycles. The van der Waals surface area contributed by atoms with E-state index in [4.69, 9.17) is 10.5 Å². The second-order valence-corrected chi connectivity index (χ2v) is 6.64. The number of anilines is 1. The van der Waals surface area contributed by atoms with Crippen LogP contribution in [0.1, 0.15) is 6.42 Å². The Morgan fingerprint density at radius 2 is 2.12 bits per heavy atom. The van der Waals surface area contributed by atoms with Crippen molar-refractivity contribution in [1.82, 2.24) is 0 Å². The van der Waals surface area contributed by atoms with Gasteiger partial charge in [0.1, 0.15) is 10.6 Å². The van der Waals surface area contributed by atoms with Gasteiger partial charge in [0, 0.05) is 11.8 Å². The third kappa shape index (κ3) is 3.81. The second kappa shape index (κ2) is 6.16. The number of rotatable bonds is 6. The summed E-state index contributed by atoms with van der Waals surface area (Å²) in [6, 6.07) is 4.61. The molecule has 1 aromatic carbocycles. The fourth-order valence-corrected chi connectivity index (χ4v) is 3.53. The summed E-state index contributed by atoms with van der Waals surface area (Å²) in [5, 5.41) is 0. The van der Waals surface area contributed by atoms with Gasteiger partial charge in [0.25, 0.3) is 0 Å². The molecule has 4 nitrogen and oxygen atoms in total. The lowest BCUT2D eigenvalue weighted by molar-refractivity contribution is 0.403. The van der Waals surface area contributed by atoms with Gasteiger partial charge >= 0.3 is 0 Å². The third-order valence-corrected chi connectivity index (χ3v) is 4.81. The summed E-state index contributed by atoms with van der Waals surface area (Å²) in [6.45, 7) is 0. The second-order valence-electron chi connectivity index (χ2n) is 3.58. The van der Waals surface area contributed by atoms with E-state index in [2.05, 4.69) is 0 Å². The van der Waals surface area contributed by atoms with Gasteiger partial charge in [-0.1, -0.05) is 0 Å². The van der Waals surface area contributed by atoms with Gasteiger partial charge in [-0.2, -0.15) is 11.8 Å². The Kier molecular flexibility index (Phi) is 5.14. The zero-order valence-corrected chi connectivity index (χ0v) is 11.6. The van der Waals surface area contributed by atoms with Crippen LogP contribution in [-0.2, 0) is 9.84 Å². The molecule has 1 aromatic rings. The molecule has 1 rings (SSSR count). The molecule has 96 valence electrons. The standard InChI is InChI=1S/C11H17NO3S2/c1-15-10-8-9(12)4-5-11(10)17(13,14)7-3-6-16-2/h4-5,8H,3,6-7,12H2,1-2H3. The molecule has 6 heteroatoms. The van der Waals surface area contributed by atoms with Crippen LogP contribution in [0.25, 0.3) is 0 Å². The van der Waals surface area contributed by atoms with Crippen LogP contribution in [0.2, 0.25) is 0 Å². The van der Waals surface area contributed by atoms with E-state index in [1.807, 2.05) is 6.26 Å². The minimum Gasteiger partial charge on any atom is -0.495 e. The predicted octanol–water partition coefficient (Wildman–Crippen LogP) is 1.80. The number of benzene rings is 1. The van der Waals surface area contributed by atoms with Gasteiger partial charge in [-0.3, -0.25) is 0 Å². The van der Waals surface area contributed by atoms with E-state index >= 15 is 0 Å². The van der Waals surface area contributed by atoms with Crippen molar-refractivity contribution in [2.45, 2.75) is 11.3 Å². The van der Waals surface area contributed by atoms with E-state index < -0.39 is 9.84 Å². The Morgan fingerprint density at radius 3 is 2.71 bits per heavy atom. The number of sulfone groups is 1. The van der Waals surface area contributed by atoms with E-state index in [1.54, 1.807) is 17.8 Å². The minimum absolute atomic E-state index is 0.133. The molecular formula is C11H17NO3S2. The molecule has 0 bridgehead atoms. The first-order chi connectivity index (χ1) is 8.01. The van der Waals surface area contributed by atoms with Crippen molar-refractivity contribution >= 4 is 27.3 Å². The highest BCUT2D eigenvalue weighted by atomic mass is 32.2. The summed E-state index contributed by atoms with van der Waals surface area (Å²) in [6.07, 6.45) is 2.59. The first kappa shape index (κ1) is 14.2. The SMILES string of the molecule is COc1cc(N)ccc1S(=O)(=O)CCCSC. The van der Waals surface area contributed by atoms with Crippen LogP contribution in [-0.4, -0.2) is 33.3 Å². The van der Waals surface area contributed by atoms with Gasteiger partial charge in [0.05, 0.1) is 12.9 Å². The zero-order chi connectivity index (χ0) is 12.9. The number of thioether (sulfide) groups is 1. The highest BCUT2D eigenvalue weighted by Gasteiger charge is 2.19. The molecule has 0 spiro atoms. The zero-order valence-electron chi connectivity index (χ0n) is 9.97. The summed E-state index contributed by atoms with van der Waals surface area (Å²) in [7, 11) is -1.85. The molecule has 0 radical (unpaired) electrons. The Hall–Kier alpha value is -0.880. The largest absolute Gasteiger partial charge is 0.495 e. The molecule has 2 N–H and O–H groups in total. The van der Waals surface area contributed by atoms with Crippen LogP contribution in [0.4, 0.5) is 5.69 Å². The summed E-state index contributed by atoms with van der Waals surface area (Å²) in [4.78, 5) is 0.218. The molecule has 17 heavy (non-hydrogen) atoms. The maximum Gasteiger partial charge on any atom is 0.182 e. The molecule has 0 saturated heterocycles. The number of nitrogens with two attached hydrogens (primary N) is 1. The van der Waals surface area contributed by atoms with Gasteiger partial charge in [-0.25, -0.2) is 8.42 Å². The molecule has 0 fully saturated rings. The first-order valence-corrected chi connectivity index (χ1v) is 8.21. The summed E-state index contributed by atoms with van der Waals surface area (Å²) >= 11 is 1.63. The molecular weight excluding hydrogens is 258 g/mol. The van der Waals surface area contributed by atoms with Crippen molar-refractivity contribution in [3.63, 3.8) is 0 Å². The van der Waals surface area contributed by atoms with E-state index in [9.17, 15) is 8.42 Å². The average molecular weight is 275 g/mol. The highest BCUT2D eigenvalue weighted by Crippen LogP contribution is 2.27. The monoisotopic (exact) mass is 275 g/mol. The van der Waals surface area contributed by atoms with E-state index in [1.165, 1.54) is 19.2 Å². The van der Waals surface area contributed by atoms with Crippen molar-refractivity contribution in [2.24, 2.45) is 0 Å². The number of hydrogen-bond acceptors (Lipinski definition) is 5. The smallest absolute Gasteiger partial charge is 0.182 e. The molecule has 0 saturated carbocycles. The van der Waals surface area contributed by atoms with Gasteiger partial charge in [-0.05, 0) is 30.6 Å². The maximum atomic E-state index is 12.1. The van der Waals surface area contributed by atoms with E-state index in [-0.39, 0.29) is 10.6 Å². The van der Waals surface area contributed by atoms with Crippen molar-refractivity contribution in [1.29, 1.82) is 0 Å². The number of nitrogen functional groups attached to an aromatic ring is 1. The maximum absolute atomic E-state index is 12.1. The summed E-state index contributed by atoms with van der Waals surface area (Å²) in [5.41, 5.74) is 6.08. The lowest BCUT2D eigenvalue weighted by Crippen LogP contribution is -2.09. The Bertz CT molecular complexity index is 472. The molecule has 0 aliphatic rings. The van der Waals surface area contributed by atoms with Crippen LogP contribution in [0.5, 0.6) is 5.75 Å². The van der Waals surface area contributed by atoms with Crippen molar-refractivity contribution < 1.29 is 13.2 Å². The number of ether oxygens (including phenoxy) is 1. The predicted molar refractivity (Wildman–Crippen MR) is 72.5 cm³/mol. The molecule has 0 aromatic heterocycles. The van der Waals surface area contributed by atoms with Crippen molar-refractivity contribution in [3.8, 4) is 5.75 Å². The molecule has 0 atom stereocenters. The van der Waals surface area contributed by atoms with E-state index in [0.717, 1.165) is 5.75 Å². The third-order valence-electron chi connectivity index (χ3n) is 2.28. The number of hydrogen-bond donors (Lipinski definition) is 1. The fourth-order valence-electron chi connectivity index (χ4n) is 1.44. The van der Waals surface area contributed by atoms with Crippen LogP contribution in [0, 0.1) is 0 Å². The Labute approximate surface area is 106 Å². The Morgan fingerprint density at radius 1 is 1.41 bits per heavy atom. The quantitative estimate of drug-likeness (QED) is 0.633. The minimum atomic E-state index is -3.29.